The predicted octanol–water partition coefficient (Wildman–Crippen LogP) is 1.03. The number of methoxy groups -OCH3 is 1. The number of nitrogens with zero attached hydrogens (tertiary/aromatic N) is 1. The summed E-state index contributed by atoms with van der Waals surface area (Å²) in [5.74, 6) is 0.203. The summed E-state index contributed by atoms with van der Waals surface area (Å²) in [7, 11) is 1.67. The van der Waals surface area contributed by atoms with Gasteiger partial charge in [-0.2, -0.15) is 0 Å². The van der Waals surface area contributed by atoms with Gasteiger partial charge in [0.25, 0.3) is 0 Å². The van der Waals surface area contributed by atoms with Crippen LogP contribution in [0.15, 0.2) is 0 Å². The van der Waals surface area contributed by atoms with E-state index in [1.54, 1.807) is 7.11 Å². The first-order valence-electron chi connectivity index (χ1n) is 7.32. The Kier molecular flexibility index (Phi) is 8.02. The van der Waals surface area contributed by atoms with E-state index in [1.807, 2.05) is 4.90 Å². The molecule has 0 aromatic rings. The Bertz CT molecular complexity index is 251. The normalized spacial score (nSPS) is 19.7. The molecule has 5 nitrogen and oxygen atoms in total. The summed E-state index contributed by atoms with van der Waals surface area (Å²) in [5, 5.41) is 3.33. The number of rotatable bonds is 8. The molecule has 1 N–H and O–H groups in total. The fourth-order valence-corrected chi connectivity index (χ4v) is 2.51. The van der Waals surface area contributed by atoms with E-state index in [0.717, 1.165) is 26.0 Å². The largest absolute Gasteiger partial charge is 0.383 e. The summed E-state index contributed by atoms with van der Waals surface area (Å²) in [5.41, 5.74) is 0. The van der Waals surface area contributed by atoms with Crippen molar-refractivity contribution in [1.82, 2.24) is 10.2 Å². The maximum Gasteiger partial charge on any atom is 0.224 e. The SMILES string of the molecule is CCC(CC)N(CCOC)C(=O)CC1COCCN1. The highest BCUT2D eigenvalue weighted by Gasteiger charge is 2.24. The van der Waals surface area contributed by atoms with Crippen molar-refractivity contribution in [2.75, 3.05) is 40.0 Å². The van der Waals surface area contributed by atoms with Crippen LogP contribution in [0.25, 0.3) is 0 Å². The Morgan fingerprint density at radius 2 is 2.21 bits per heavy atom. The molecule has 0 bridgehead atoms. The molecule has 1 fully saturated rings. The zero-order valence-corrected chi connectivity index (χ0v) is 12.5. The van der Waals surface area contributed by atoms with Crippen molar-refractivity contribution >= 4 is 5.91 Å². The molecule has 0 aromatic carbocycles. The molecule has 1 atom stereocenters. The number of carbonyl (C=O) groups is 1. The van der Waals surface area contributed by atoms with Crippen molar-refractivity contribution in [3.63, 3.8) is 0 Å². The smallest absolute Gasteiger partial charge is 0.224 e. The molecule has 1 aliphatic heterocycles. The number of hydrogen-bond acceptors (Lipinski definition) is 4. The molecule has 5 heteroatoms. The molecule has 1 aliphatic rings. The average Bonchev–Trinajstić information content (AvgIpc) is 2.44. The van der Waals surface area contributed by atoms with Gasteiger partial charge in [-0.3, -0.25) is 4.79 Å². The lowest BCUT2D eigenvalue weighted by molar-refractivity contribution is -0.135. The fourth-order valence-electron chi connectivity index (χ4n) is 2.51. The highest BCUT2D eigenvalue weighted by Crippen LogP contribution is 2.12. The van der Waals surface area contributed by atoms with Gasteiger partial charge < -0.3 is 19.7 Å². The van der Waals surface area contributed by atoms with E-state index >= 15 is 0 Å². The van der Waals surface area contributed by atoms with Gasteiger partial charge in [0.1, 0.15) is 0 Å². The van der Waals surface area contributed by atoms with E-state index in [9.17, 15) is 4.79 Å². The van der Waals surface area contributed by atoms with E-state index in [4.69, 9.17) is 9.47 Å². The van der Waals surface area contributed by atoms with Crippen molar-refractivity contribution in [2.24, 2.45) is 0 Å². The Balaban J connectivity index is 2.53. The second kappa shape index (κ2) is 9.28. The Hall–Kier alpha value is -0.650. The highest BCUT2D eigenvalue weighted by atomic mass is 16.5. The van der Waals surface area contributed by atoms with E-state index in [2.05, 4.69) is 19.2 Å². The van der Waals surface area contributed by atoms with E-state index in [1.165, 1.54) is 0 Å². The highest BCUT2D eigenvalue weighted by molar-refractivity contribution is 5.77. The van der Waals surface area contributed by atoms with Crippen LogP contribution >= 0.6 is 0 Å². The van der Waals surface area contributed by atoms with Gasteiger partial charge in [0, 0.05) is 38.7 Å². The number of amides is 1. The predicted molar refractivity (Wildman–Crippen MR) is 75.2 cm³/mol. The minimum absolute atomic E-state index is 0.153. The van der Waals surface area contributed by atoms with Gasteiger partial charge in [-0.05, 0) is 12.8 Å². The van der Waals surface area contributed by atoms with Gasteiger partial charge in [-0.1, -0.05) is 13.8 Å². The molecule has 0 spiro atoms. The van der Waals surface area contributed by atoms with Crippen molar-refractivity contribution in [3.05, 3.63) is 0 Å². The van der Waals surface area contributed by atoms with Crippen molar-refractivity contribution in [1.29, 1.82) is 0 Å². The molecule has 0 radical (unpaired) electrons. The van der Waals surface area contributed by atoms with Crippen LogP contribution in [0.3, 0.4) is 0 Å². The van der Waals surface area contributed by atoms with Crippen LogP contribution in [0.2, 0.25) is 0 Å². The molecule has 1 rings (SSSR count). The molecule has 1 saturated heterocycles. The number of carbonyl (C=O) groups excluding carboxylic acids is 1. The van der Waals surface area contributed by atoms with Gasteiger partial charge in [-0.15, -0.1) is 0 Å². The Morgan fingerprint density at radius 1 is 1.47 bits per heavy atom. The summed E-state index contributed by atoms with van der Waals surface area (Å²) in [6, 6.07) is 0.466. The van der Waals surface area contributed by atoms with Gasteiger partial charge in [0.05, 0.1) is 19.8 Å². The third-order valence-electron chi connectivity index (χ3n) is 3.66. The van der Waals surface area contributed by atoms with Gasteiger partial charge >= 0.3 is 0 Å². The molecule has 1 heterocycles. The Labute approximate surface area is 116 Å². The summed E-state index contributed by atoms with van der Waals surface area (Å²) >= 11 is 0. The van der Waals surface area contributed by atoms with E-state index in [0.29, 0.717) is 32.2 Å². The van der Waals surface area contributed by atoms with Crippen molar-refractivity contribution in [3.8, 4) is 0 Å². The quantitative estimate of drug-likeness (QED) is 0.717. The lowest BCUT2D eigenvalue weighted by atomic mass is 10.1. The van der Waals surface area contributed by atoms with Gasteiger partial charge in [-0.25, -0.2) is 0 Å². The molecule has 112 valence electrons. The minimum atomic E-state index is 0.153. The molecule has 19 heavy (non-hydrogen) atoms. The van der Waals surface area contributed by atoms with Crippen molar-refractivity contribution in [2.45, 2.75) is 45.2 Å². The molecule has 0 aliphatic carbocycles. The van der Waals surface area contributed by atoms with Crippen LogP contribution in [-0.4, -0.2) is 62.9 Å². The molecule has 0 saturated carbocycles. The summed E-state index contributed by atoms with van der Waals surface area (Å²) in [6.07, 6.45) is 2.49. The maximum atomic E-state index is 12.5. The first-order valence-corrected chi connectivity index (χ1v) is 7.32. The second-order valence-electron chi connectivity index (χ2n) is 4.98. The molecule has 1 amide bonds. The van der Waals surface area contributed by atoms with Crippen LogP contribution in [0.4, 0.5) is 0 Å². The van der Waals surface area contributed by atoms with E-state index in [-0.39, 0.29) is 11.9 Å². The van der Waals surface area contributed by atoms with Crippen LogP contribution in [0.1, 0.15) is 33.1 Å². The lowest BCUT2D eigenvalue weighted by Crippen LogP contribution is -2.48. The number of hydrogen-bond donors (Lipinski definition) is 1. The molecule has 0 aromatic heterocycles. The molecular formula is C14H28N2O3. The Morgan fingerprint density at radius 3 is 2.74 bits per heavy atom. The van der Waals surface area contributed by atoms with Crippen LogP contribution in [0, 0.1) is 0 Å². The molecular weight excluding hydrogens is 244 g/mol. The van der Waals surface area contributed by atoms with Crippen LogP contribution in [-0.2, 0) is 14.3 Å². The maximum absolute atomic E-state index is 12.5. The first-order chi connectivity index (χ1) is 9.22. The van der Waals surface area contributed by atoms with Crippen LogP contribution in [0.5, 0.6) is 0 Å². The summed E-state index contributed by atoms with van der Waals surface area (Å²) in [6.45, 7) is 7.73. The first kappa shape index (κ1) is 16.4. The zero-order valence-electron chi connectivity index (χ0n) is 12.5. The lowest BCUT2D eigenvalue weighted by Gasteiger charge is -2.32. The standard InChI is InChI=1S/C14H28N2O3/c1-4-13(5-2)16(7-9-18-3)14(17)10-12-11-19-8-6-15-12/h12-13,15H,4-11H2,1-3H3. The second-order valence-corrected chi connectivity index (χ2v) is 4.98. The third-order valence-corrected chi connectivity index (χ3v) is 3.66. The van der Waals surface area contributed by atoms with Gasteiger partial charge in [0.2, 0.25) is 5.91 Å². The average molecular weight is 272 g/mol. The van der Waals surface area contributed by atoms with Crippen molar-refractivity contribution < 1.29 is 14.3 Å². The topological polar surface area (TPSA) is 50.8 Å². The monoisotopic (exact) mass is 272 g/mol. The number of morpholine rings is 1. The van der Waals surface area contributed by atoms with E-state index < -0.39 is 0 Å². The number of nitrogens with one attached hydrogen (secondary N) is 1. The number of ether oxygens (including phenoxy) is 2. The van der Waals surface area contributed by atoms with Gasteiger partial charge in [0.15, 0.2) is 0 Å². The summed E-state index contributed by atoms with van der Waals surface area (Å²) < 4.78 is 10.5. The summed E-state index contributed by atoms with van der Waals surface area (Å²) in [4.78, 5) is 14.4. The third kappa shape index (κ3) is 5.47. The van der Waals surface area contributed by atoms with Crippen LogP contribution < -0.4 is 5.32 Å². The minimum Gasteiger partial charge on any atom is -0.383 e. The molecule has 1 unspecified atom stereocenters. The fraction of sp³-hybridized carbons (Fsp3) is 0.929. The zero-order chi connectivity index (χ0) is 14.1.